The molecule has 0 unspecified atom stereocenters. The zero-order valence-electron chi connectivity index (χ0n) is 24.8. The summed E-state index contributed by atoms with van der Waals surface area (Å²) < 4.78 is 58.3. The number of ketones is 2. The predicted molar refractivity (Wildman–Crippen MR) is 162 cm³/mol. The van der Waals surface area contributed by atoms with Crippen LogP contribution in [0.2, 0.25) is 0 Å². The van der Waals surface area contributed by atoms with Gasteiger partial charge in [0.25, 0.3) is 0 Å². The summed E-state index contributed by atoms with van der Waals surface area (Å²) in [4.78, 5) is 38.1. The largest absolute Gasteiger partial charge is 0.490 e. The molecule has 1 heterocycles. The van der Waals surface area contributed by atoms with E-state index in [1.54, 1.807) is 19.1 Å². The Morgan fingerprint density at radius 1 is 0.955 bits per heavy atom. The number of ether oxygens (including phenoxy) is 3. The van der Waals surface area contributed by atoms with Crippen LogP contribution in [0.15, 0.2) is 53.0 Å². The molecule has 2 aromatic rings. The van der Waals surface area contributed by atoms with Gasteiger partial charge in [-0.2, -0.15) is 13.2 Å². The quantitative estimate of drug-likeness (QED) is 0.167. The molecule has 0 radical (unpaired) electrons. The summed E-state index contributed by atoms with van der Waals surface area (Å²) >= 11 is 1.95. The Bertz CT molecular complexity index is 1600. The van der Waals surface area contributed by atoms with Crippen LogP contribution in [0.5, 0.6) is 17.2 Å². The van der Waals surface area contributed by atoms with Gasteiger partial charge in [0.2, 0.25) is 5.75 Å². The van der Waals surface area contributed by atoms with Crippen LogP contribution in [0.3, 0.4) is 0 Å². The maximum absolute atomic E-state index is 13.7. The molecule has 0 saturated carbocycles. The second kappa shape index (κ2) is 11.2. The van der Waals surface area contributed by atoms with E-state index in [9.17, 15) is 32.9 Å². The molecule has 0 spiro atoms. The lowest BCUT2D eigenvalue weighted by atomic mass is 9.65. The van der Waals surface area contributed by atoms with Gasteiger partial charge in [-0.25, -0.2) is 0 Å². The van der Waals surface area contributed by atoms with Crippen molar-refractivity contribution in [1.82, 2.24) is 0 Å². The fraction of sp³-hybridized carbons (Fsp3) is 0.438. The van der Waals surface area contributed by atoms with Crippen LogP contribution in [-0.2, 0) is 20.5 Å². The zero-order chi connectivity index (χ0) is 32.4. The zero-order valence-corrected chi connectivity index (χ0v) is 27.0. The number of alkyl halides is 3. The molecule has 1 aliphatic heterocycles. The van der Waals surface area contributed by atoms with Gasteiger partial charge in [-0.3, -0.25) is 19.7 Å². The second-order valence-corrected chi connectivity index (χ2v) is 14.1. The van der Waals surface area contributed by atoms with Crippen LogP contribution < -0.4 is 9.47 Å². The number of Topliss-reactive ketones (excluding diaryl/α,β-unsaturated/α-hetero) is 2. The minimum atomic E-state index is -4.78. The number of nitrogens with zero attached hydrogens (tertiary/aromatic N) is 1. The third kappa shape index (κ3) is 6.09. The lowest BCUT2D eigenvalue weighted by Gasteiger charge is -2.42. The molecule has 8 nitrogen and oxygen atoms in total. The van der Waals surface area contributed by atoms with Crippen molar-refractivity contribution in [2.45, 2.75) is 72.4 Å². The maximum Gasteiger partial charge on any atom is 0.416 e. The van der Waals surface area contributed by atoms with E-state index < -0.39 is 34.0 Å². The van der Waals surface area contributed by atoms with Crippen molar-refractivity contribution in [3.05, 3.63) is 77.8 Å². The van der Waals surface area contributed by atoms with Gasteiger partial charge in [0, 0.05) is 48.8 Å². The molecule has 0 bridgehead atoms. The molecule has 3 aliphatic rings. The molecular formula is C32H31F3INO7. The van der Waals surface area contributed by atoms with E-state index in [1.807, 2.05) is 50.3 Å². The minimum absolute atomic E-state index is 0.0572. The van der Waals surface area contributed by atoms with Gasteiger partial charge in [0.15, 0.2) is 23.1 Å². The van der Waals surface area contributed by atoms with Crippen LogP contribution >= 0.6 is 22.6 Å². The molecule has 12 heteroatoms. The molecule has 0 atom stereocenters. The van der Waals surface area contributed by atoms with Gasteiger partial charge < -0.3 is 14.2 Å². The second-order valence-electron chi connectivity index (χ2n) is 12.9. The number of allylic oxidation sites excluding steroid dienone is 4. The van der Waals surface area contributed by atoms with Gasteiger partial charge >= 0.3 is 11.9 Å². The summed E-state index contributed by atoms with van der Waals surface area (Å²) in [6, 6.07) is 5.37. The van der Waals surface area contributed by atoms with Crippen molar-refractivity contribution in [3.8, 4) is 17.2 Å². The van der Waals surface area contributed by atoms with Gasteiger partial charge in [-0.15, -0.1) is 0 Å². The maximum atomic E-state index is 13.7. The van der Waals surface area contributed by atoms with Crippen LogP contribution in [0.1, 0.15) is 77.3 Å². The number of nitro groups is 1. The first-order valence-corrected chi connectivity index (χ1v) is 15.2. The molecule has 0 aromatic heterocycles. The number of carbonyl (C=O) groups excluding carboxylic acids is 2. The number of carbonyl (C=O) groups is 2. The summed E-state index contributed by atoms with van der Waals surface area (Å²) in [6.07, 6.45) is -3.18. The Kier molecular flexibility index (Phi) is 8.13. The van der Waals surface area contributed by atoms with Gasteiger partial charge in [0.1, 0.15) is 11.5 Å². The van der Waals surface area contributed by atoms with E-state index in [0.29, 0.717) is 56.8 Å². The Morgan fingerprint density at radius 2 is 1.52 bits per heavy atom. The summed E-state index contributed by atoms with van der Waals surface area (Å²) in [7, 11) is 0. The van der Waals surface area contributed by atoms with Crippen molar-refractivity contribution in [2.24, 2.45) is 10.8 Å². The lowest BCUT2D eigenvalue weighted by molar-refractivity contribution is -0.385. The van der Waals surface area contributed by atoms with Crippen molar-refractivity contribution >= 4 is 39.8 Å². The van der Waals surface area contributed by atoms with Crippen LogP contribution in [0, 0.1) is 24.5 Å². The van der Waals surface area contributed by atoms with Gasteiger partial charge in [0.05, 0.1) is 20.7 Å². The van der Waals surface area contributed by atoms with Crippen molar-refractivity contribution in [2.75, 3.05) is 6.61 Å². The third-order valence-corrected chi connectivity index (χ3v) is 8.74. The number of hydrogen-bond acceptors (Lipinski definition) is 7. The summed E-state index contributed by atoms with van der Waals surface area (Å²) in [6.45, 7) is 9.87. The Balaban J connectivity index is 1.66. The standard InChI is InChI=1S/C32H31F3INO7/c1-6-42-23-10-16(9-18(36)29(23)44-22-8-7-17(32(33,34)35)11-19(22)37(40)41)26-27-20(38)12-30(2,3)14-24(27)43-25-15-31(4,5)13-21(39)28(25)26/h7-11,26H,6,12-15H2,1-5H3. The van der Waals surface area contributed by atoms with Crippen molar-refractivity contribution in [1.29, 1.82) is 0 Å². The molecule has 0 N–H and O–H groups in total. The molecule has 0 amide bonds. The minimum Gasteiger partial charge on any atom is -0.490 e. The van der Waals surface area contributed by atoms with Crippen molar-refractivity contribution < 1.29 is 41.9 Å². The predicted octanol–water partition coefficient (Wildman–Crippen LogP) is 8.81. The van der Waals surface area contributed by atoms with Gasteiger partial charge in [-0.05, 0) is 70.2 Å². The van der Waals surface area contributed by atoms with E-state index in [1.165, 1.54) is 0 Å². The molecule has 5 rings (SSSR count). The highest BCUT2D eigenvalue weighted by molar-refractivity contribution is 14.1. The SMILES string of the molecule is CCOc1cc(C2C3=C(CC(C)(C)CC3=O)OC3=C2C(=O)CC(C)(C)C3)cc(I)c1Oc1ccc(C(F)(F)F)cc1[N+](=O)[O-]. The molecule has 44 heavy (non-hydrogen) atoms. The van der Waals surface area contributed by atoms with E-state index in [2.05, 4.69) is 0 Å². The number of benzene rings is 2. The van der Waals surface area contributed by atoms with E-state index in [0.717, 1.165) is 6.07 Å². The van der Waals surface area contributed by atoms with Crippen molar-refractivity contribution in [3.63, 3.8) is 0 Å². The molecule has 234 valence electrons. The summed E-state index contributed by atoms with van der Waals surface area (Å²) in [5.74, 6) is -0.0250. The van der Waals surface area contributed by atoms with Crippen LogP contribution in [0.4, 0.5) is 18.9 Å². The normalized spacial score (nSPS) is 19.8. The number of nitro benzene ring substituents is 1. The average molecular weight is 725 g/mol. The van der Waals surface area contributed by atoms with E-state index >= 15 is 0 Å². The van der Waals surface area contributed by atoms with Crippen LogP contribution in [-0.4, -0.2) is 23.1 Å². The average Bonchev–Trinajstić information content (AvgIpc) is 2.87. The summed E-state index contributed by atoms with van der Waals surface area (Å²) in [5.41, 5.74) is -1.25. The topological polar surface area (TPSA) is 105 Å². The molecule has 2 aromatic carbocycles. The highest BCUT2D eigenvalue weighted by Crippen LogP contribution is 2.54. The Labute approximate surface area is 265 Å². The Morgan fingerprint density at radius 3 is 2.02 bits per heavy atom. The highest BCUT2D eigenvalue weighted by Gasteiger charge is 2.48. The molecule has 0 fully saturated rings. The number of rotatable bonds is 6. The molecule has 2 aliphatic carbocycles. The lowest BCUT2D eigenvalue weighted by Crippen LogP contribution is -2.37. The smallest absolute Gasteiger partial charge is 0.416 e. The first kappa shape index (κ1) is 32.0. The van der Waals surface area contributed by atoms with E-state index in [-0.39, 0.29) is 53.3 Å². The molecule has 0 saturated heterocycles. The fourth-order valence-corrected chi connectivity index (χ4v) is 6.89. The van der Waals surface area contributed by atoms with Gasteiger partial charge in [-0.1, -0.05) is 27.7 Å². The number of halogens is 4. The highest BCUT2D eigenvalue weighted by atomic mass is 127. The third-order valence-electron chi connectivity index (χ3n) is 7.94. The van der Waals surface area contributed by atoms with E-state index in [4.69, 9.17) is 14.2 Å². The van der Waals surface area contributed by atoms with Crippen LogP contribution in [0.25, 0.3) is 0 Å². The monoisotopic (exact) mass is 725 g/mol. The summed E-state index contributed by atoms with van der Waals surface area (Å²) in [5, 5.41) is 11.7. The number of hydrogen-bond donors (Lipinski definition) is 0. The first-order valence-electron chi connectivity index (χ1n) is 14.1. The first-order chi connectivity index (χ1) is 20.4. The Hall–Kier alpha value is -3.42. The molecular weight excluding hydrogens is 694 g/mol. The fourth-order valence-electron chi connectivity index (χ4n) is 6.16.